The van der Waals surface area contributed by atoms with E-state index in [0.717, 1.165) is 6.07 Å². The van der Waals surface area contributed by atoms with Crippen LogP contribution < -0.4 is 16.0 Å². The molecule has 0 radical (unpaired) electrons. The van der Waals surface area contributed by atoms with E-state index >= 15 is 0 Å². The van der Waals surface area contributed by atoms with Crippen LogP contribution in [0, 0.1) is 0 Å². The third-order valence-corrected chi connectivity index (χ3v) is 3.21. The lowest BCUT2D eigenvalue weighted by Crippen LogP contribution is -2.35. The van der Waals surface area contributed by atoms with Gasteiger partial charge in [0, 0.05) is 13.1 Å². The first kappa shape index (κ1) is 15.5. The zero-order chi connectivity index (χ0) is 15.6. The number of aromatic nitrogens is 1. The summed E-state index contributed by atoms with van der Waals surface area (Å²) in [7, 11) is 0. The number of nitrogens with zero attached hydrogens (tertiary/aromatic N) is 2. The van der Waals surface area contributed by atoms with Gasteiger partial charge in [-0.3, -0.25) is 4.79 Å². The van der Waals surface area contributed by atoms with E-state index in [9.17, 15) is 18.0 Å². The molecule has 1 fully saturated rings. The average molecular weight is 318 g/mol. The Balaban J connectivity index is 2.47. The van der Waals surface area contributed by atoms with Gasteiger partial charge in [0.05, 0.1) is 12.1 Å². The highest BCUT2D eigenvalue weighted by molar-refractivity contribution is 7.80. The van der Waals surface area contributed by atoms with Gasteiger partial charge in [-0.15, -0.1) is 0 Å². The van der Waals surface area contributed by atoms with Crippen molar-refractivity contribution in [2.24, 2.45) is 5.73 Å². The van der Waals surface area contributed by atoms with Crippen molar-refractivity contribution in [1.82, 2.24) is 10.3 Å². The summed E-state index contributed by atoms with van der Waals surface area (Å²) in [6.07, 6.45) is -3.97. The number of hydrogen-bond donors (Lipinski definition) is 2. The zero-order valence-electron chi connectivity index (χ0n) is 10.9. The van der Waals surface area contributed by atoms with Crippen LogP contribution in [0.4, 0.5) is 19.0 Å². The lowest BCUT2D eigenvalue weighted by Gasteiger charge is -2.23. The molecule has 2 heterocycles. The van der Waals surface area contributed by atoms with Gasteiger partial charge in [-0.05, 0) is 18.6 Å². The Morgan fingerprint density at radius 3 is 2.76 bits per heavy atom. The molecule has 3 N–H and O–H groups in total. The predicted octanol–water partition coefficient (Wildman–Crippen LogP) is 1.06. The molecule has 0 aromatic carbocycles. The maximum Gasteiger partial charge on any atom is 0.433 e. The van der Waals surface area contributed by atoms with E-state index in [4.69, 9.17) is 18.0 Å². The fourth-order valence-corrected chi connectivity index (χ4v) is 2.19. The molecule has 5 nitrogen and oxygen atoms in total. The summed E-state index contributed by atoms with van der Waals surface area (Å²) < 4.78 is 38.4. The molecule has 1 amide bonds. The van der Waals surface area contributed by atoms with Gasteiger partial charge < -0.3 is 16.0 Å². The number of hydrogen-bond acceptors (Lipinski definition) is 4. The monoisotopic (exact) mass is 318 g/mol. The quantitative estimate of drug-likeness (QED) is 0.798. The average Bonchev–Trinajstić information content (AvgIpc) is 2.61. The smallest absolute Gasteiger partial charge is 0.389 e. The van der Waals surface area contributed by atoms with Crippen LogP contribution in [0.5, 0.6) is 0 Å². The molecule has 114 valence electrons. The van der Waals surface area contributed by atoms with Crippen LogP contribution in [0.25, 0.3) is 0 Å². The Labute approximate surface area is 124 Å². The number of pyridine rings is 1. The minimum atomic E-state index is -4.57. The molecule has 1 aliphatic rings. The normalized spacial score (nSPS) is 16.3. The van der Waals surface area contributed by atoms with Crippen molar-refractivity contribution in [2.45, 2.75) is 12.6 Å². The van der Waals surface area contributed by atoms with Gasteiger partial charge in [0.1, 0.15) is 16.5 Å². The number of nitrogens with one attached hydrogen (secondary N) is 1. The number of halogens is 3. The van der Waals surface area contributed by atoms with Crippen molar-refractivity contribution in [3.05, 3.63) is 23.4 Å². The topological polar surface area (TPSA) is 71.2 Å². The third kappa shape index (κ3) is 3.60. The lowest BCUT2D eigenvalue weighted by atomic mass is 10.2. The van der Waals surface area contributed by atoms with Crippen LogP contribution in [0.2, 0.25) is 0 Å². The predicted molar refractivity (Wildman–Crippen MR) is 75.0 cm³/mol. The number of carbonyl (C=O) groups excluding carboxylic acids is 1. The minimum Gasteiger partial charge on any atom is -0.389 e. The Hall–Kier alpha value is -1.90. The molecular formula is C12H13F3N4OS. The first-order chi connectivity index (χ1) is 9.79. The van der Waals surface area contributed by atoms with Crippen molar-refractivity contribution in [1.29, 1.82) is 0 Å². The Bertz CT molecular complexity index is 576. The molecule has 0 unspecified atom stereocenters. The Morgan fingerprint density at radius 1 is 1.43 bits per heavy atom. The first-order valence-corrected chi connectivity index (χ1v) is 6.59. The van der Waals surface area contributed by atoms with E-state index in [2.05, 4.69) is 10.3 Å². The number of rotatable bonds is 2. The number of anilines is 1. The number of carbonyl (C=O) groups is 1. The number of thiocarbonyl (C=S) groups is 1. The van der Waals surface area contributed by atoms with Gasteiger partial charge in [0.2, 0.25) is 5.91 Å². The third-order valence-electron chi connectivity index (χ3n) is 2.99. The molecular weight excluding hydrogens is 305 g/mol. The van der Waals surface area contributed by atoms with Gasteiger partial charge in [0.15, 0.2) is 0 Å². The maximum atomic E-state index is 12.8. The van der Waals surface area contributed by atoms with E-state index in [-0.39, 0.29) is 28.8 Å². The molecule has 0 bridgehead atoms. The number of amides is 1. The van der Waals surface area contributed by atoms with Crippen molar-refractivity contribution >= 4 is 28.9 Å². The molecule has 1 saturated heterocycles. The summed E-state index contributed by atoms with van der Waals surface area (Å²) in [6.45, 7) is 0.781. The van der Waals surface area contributed by atoms with Gasteiger partial charge in [-0.1, -0.05) is 12.2 Å². The maximum absolute atomic E-state index is 12.8. The van der Waals surface area contributed by atoms with Crippen molar-refractivity contribution in [2.75, 3.05) is 24.5 Å². The van der Waals surface area contributed by atoms with Gasteiger partial charge in [-0.25, -0.2) is 4.98 Å². The number of alkyl halides is 3. The highest BCUT2D eigenvalue weighted by atomic mass is 32.1. The summed E-state index contributed by atoms with van der Waals surface area (Å²) in [4.78, 5) is 16.6. The zero-order valence-corrected chi connectivity index (χ0v) is 11.7. The van der Waals surface area contributed by atoms with Crippen LogP contribution >= 0.6 is 12.2 Å². The van der Waals surface area contributed by atoms with Crippen molar-refractivity contribution < 1.29 is 18.0 Å². The Morgan fingerprint density at radius 2 is 2.14 bits per heavy atom. The van der Waals surface area contributed by atoms with E-state index in [1.54, 1.807) is 0 Å². The summed E-state index contributed by atoms with van der Waals surface area (Å²) in [6, 6.07) is 2.02. The highest BCUT2D eigenvalue weighted by Gasteiger charge is 2.34. The van der Waals surface area contributed by atoms with Crippen LogP contribution in [-0.2, 0) is 11.0 Å². The Kier molecular flexibility index (Phi) is 4.31. The molecule has 21 heavy (non-hydrogen) atoms. The van der Waals surface area contributed by atoms with Gasteiger partial charge in [-0.2, -0.15) is 13.2 Å². The summed E-state index contributed by atoms with van der Waals surface area (Å²) in [5.41, 5.74) is 4.73. The van der Waals surface area contributed by atoms with E-state index < -0.39 is 11.9 Å². The van der Waals surface area contributed by atoms with E-state index in [1.807, 2.05) is 0 Å². The molecule has 0 saturated carbocycles. The molecule has 0 spiro atoms. The van der Waals surface area contributed by atoms with Gasteiger partial charge >= 0.3 is 6.18 Å². The lowest BCUT2D eigenvalue weighted by molar-refractivity contribution is -0.141. The fourth-order valence-electron chi connectivity index (χ4n) is 2.03. The molecule has 1 aliphatic heterocycles. The minimum absolute atomic E-state index is 0.00521. The highest BCUT2D eigenvalue weighted by Crippen LogP contribution is 2.30. The standard InChI is InChI=1S/C12H13F3N4OS/c13-12(14,15)8-3-2-7(10(16)21)11(18-8)19-5-1-4-17-9(20)6-19/h2-3H,1,4-6H2,(H2,16,21)(H,17,20). The second kappa shape index (κ2) is 5.84. The van der Waals surface area contributed by atoms with Crippen LogP contribution in [0.3, 0.4) is 0 Å². The second-order valence-corrected chi connectivity index (χ2v) is 4.99. The first-order valence-electron chi connectivity index (χ1n) is 6.18. The second-order valence-electron chi connectivity index (χ2n) is 4.55. The van der Waals surface area contributed by atoms with E-state index in [0.29, 0.717) is 19.5 Å². The molecule has 1 aromatic rings. The van der Waals surface area contributed by atoms with Crippen LogP contribution in [-0.4, -0.2) is 35.5 Å². The largest absolute Gasteiger partial charge is 0.433 e. The molecule has 2 rings (SSSR count). The molecule has 9 heteroatoms. The van der Waals surface area contributed by atoms with Crippen LogP contribution in [0.1, 0.15) is 17.7 Å². The molecule has 0 atom stereocenters. The molecule has 0 aliphatic carbocycles. The van der Waals surface area contributed by atoms with Crippen molar-refractivity contribution in [3.8, 4) is 0 Å². The summed E-state index contributed by atoms with van der Waals surface area (Å²) in [5.74, 6) is -0.282. The molecule has 1 aromatic heterocycles. The van der Waals surface area contributed by atoms with Crippen LogP contribution in [0.15, 0.2) is 12.1 Å². The SMILES string of the molecule is NC(=S)c1ccc(C(F)(F)F)nc1N1CCCNC(=O)C1. The fraction of sp³-hybridized carbons (Fsp3) is 0.417. The van der Waals surface area contributed by atoms with Crippen molar-refractivity contribution in [3.63, 3.8) is 0 Å². The van der Waals surface area contributed by atoms with Gasteiger partial charge in [0.25, 0.3) is 0 Å². The summed E-state index contributed by atoms with van der Waals surface area (Å²) >= 11 is 4.85. The summed E-state index contributed by atoms with van der Waals surface area (Å²) in [5, 5.41) is 2.64. The van der Waals surface area contributed by atoms with E-state index in [1.165, 1.54) is 11.0 Å². The number of nitrogens with two attached hydrogens (primary N) is 1.